The summed E-state index contributed by atoms with van der Waals surface area (Å²) in [5.41, 5.74) is 0. The second-order valence-electron chi connectivity index (χ2n) is 0.864. The summed E-state index contributed by atoms with van der Waals surface area (Å²) in [6.07, 6.45) is 8.52. The van der Waals surface area contributed by atoms with E-state index < -0.39 is 11.9 Å². The summed E-state index contributed by atoms with van der Waals surface area (Å²) >= 11 is 0. The van der Waals surface area contributed by atoms with Gasteiger partial charge < -0.3 is 19.8 Å². The second-order valence-corrected chi connectivity index (χ2v) is 0.864. The van der Waals surface area contributed by atoms with E-state index in [0.717, 1.165) is 0 Å². The van der Waals surface area contributed by atoms with Crippen LogP contribution >= 0.6 is 0 Å². The molecule has 0 saturated heterocycles. The quantitative estimate of drug-likeness (QED) is 0.331. The van der Waals surface area contributed by atoms with E-state index in [0.29, 0.717) is 0 Å². The maximum Gasteiger partial charge on any atom is 2.00 e. The Morgan fingerprint density at radius 3 is 1.09 bits per heavy atom. The van der Waals surface area contributed by atoms with Gasteiger partial charge in [0, 0.05) is 0 Å². The van der Waals surface area contributed by atoms with Crippen molar-refractivity contribution in [2.24, 2.45) is 0 Å². The smallest absolute Gasteiger partial charge is 0.537 e. The molecule has 0 aromatic rings. The Morgan fingerprint density at radius 2 is 1.09 bits per heavy atom. The first-order chi connectivity index (χ1) is 4.54. The molecule has 0 radical (unpaired) electrons. The van der Waals surface area contributed by atoms with Crippen molar-refractivity contribution in [3.05, 3.63) is 0 Å². The molecule has 0 amide bonds. The number of hydrogen-bond acceptors (Lipinski definition) is 4. The van der Waals surface area contributed by atoms with Crippen LogP contribution in [0.4, 0.5) is 0 Å². The van der Waals surface area contributed by atoms with Crippen LogP contribution in [0.15, 0.2) is 0 Å². The minimum atomic E-state index is -1.47. The molecule has 0 aromatic heterocycles. The fourth-order valence-electron chi connectivity index (χ4n) is 0. The third-order valence-corrected chi connectivity index (χ3v) is 0.236. The summed E-state index contributed by atoms with van der Waals surface area (Å²) in [6.45, 7) is 0. The molecule has 0 N–H and O–H groups in total. The zero-order chi connectivity index (χ0) is 8.57. The molecule has 0 rings (SSSR count). The number of carboxylic acid groups (broad SMARTS) is 2. The molecule has 0 unspecified atom stereocenters. The molecule has 0 fully saturated rings. The normalized spacial score (nSPS) is 4.91. The van der Waals surface area contributed by atoms with Crippen molar-refractivity contribution in [1.82, 2.24) is 0 Å². The zero-order valence-corrected chi connectivity index (χ0v) is 6.66. The van der Waals surface area contributed by atoms with Gasteiger partial charge in [0.2, 0.25) is 0 Å². The molecule has 5 heteroatoms. The molecule has 0 saturated carbocycles. The predicted octanol–water partition coefficient (Wildman–Crippen LogP) is -3.26. The van der Waals surface area contributed by atoms with Gasteiger partial charge in [0.05, 0.1) is 0 Å². The van der Waals surface area contributed by atoms with Gasteiger partial charge in [0.15, 0.2) is 0 Å². The van der Waals surface area contributed by atoms with E-state index in [1.54, 1.807) is 0 Å². The summed E-state index contributed by atoms with van der Waals surface area (Å²) in [7, 11) is 0. The molecule has 4 nitrogen and oxygen atoms in total. The fourth-order valence-corrected chi connectivity index (χ4v) is 0. The van der Waals surface area contributed by atoms with Crippen LogP contribution < -0.4 is 10.2 Å². The molecular formula is C6H2O4Pd. The van der Waals surface area contributed by atoms with Gasteiger partial charge in [-0.05, 0) is 0 Å². The number of rotatable bonds is 0. The minimum Gasteiger partial charge on any atom is -0.537 e. The Hall–Kier alpha value is -1.28. The van der Waals surface area contributed by atoms with E-state index in [9.17, 15) is 0 Å². The van der Waals surface area contributed by atoms with Gasteiger partial charge in [0.1, 0.15) is 11.9 Å². The SMILES string of the molecule is C#CC(=O)[O-].C#CC(=O)[O-].[Pd+2]. The second kappa shape index (κ2) is 11.5. The van der Waals surface area contributed by atoms with Crippen molar-refractivity contribution in [1.29, 1.82) is 0 Å². The van der Waals surface area contributed by atoms with Crippen LogP contribution in [0, 0.1) is 24.7 Å². The fraction of sp³-hybridized carbons (Fsp3) is 0. The Balaban J connectivity index is -0.000000107. The number of carbonyl (C=O) groups is 2. The van der Waals surface area contributed by atoms with Crippen molar-refractivity contribution in [2.75, 3.05) is 0 Å². The standard InChI is InChI=1S/2C3H2O2.Pd/c2*1-2-3(4)5;/h2*1H,(H,4,5);/q;;+2/p-2. The number of aliphatic carboxylic acids is 2. The topological polar surface area (TPSA) is 80.3 Å². The molecule has 60 valence electrons. The summed E-state index contributed by atoms with van der Waals surface area (Å²) in [5.74, 6) is -0.269. The van der Waals surface area contributed by atoms with Crippen molar-refractivity contribution < 1.29 is 40.2 Å². The van der Waals surface area contributed by atoms with Crippen LogP contribution in [0.3, 0.4) is 0 Å². The van der Waals surface area contributed by atoms with Crippen LogP contribution in [0.1, 0.15) is 0 Å². The molecule has 0 heterocycles. The molecule has 0 aromatic carbocycles. The Kier molecular flexibility index (Phi) is 17.1. The molecule has 11 heavy (non-hydrogen) atoms. The summed E-state index contributed by atoms with van der Waals surface area (Å²) < 4.78 is 0. The summed E-state index contributed by atoms with van der Waals surface area (Å²) in [5, 5.41) is 18.0. The number of hydrogen-bond donors (Lipinski definition) is 0. The van der Waals surface area contributed by atoms with E-state index >= 15 is 0 Å². The Morgan fingerprint density at radius 1 is 1.00 bits per heavy atom. The molecule has 0 aliphatic carbocycles. The van der Waals surface area contributed by atoms with E-state index in [1.165, 1.54) is 11.8 Å². The number of carbonyl (C=O) groups excluding carboxylic acids is 2. The largest absolute Gasteiger partial charge is 2.00 e. The van der Waals surface area contributed by atoms with Gasteiger partial charge in [0.25, 0.3) is 0 Å². The maximum atomic E-state index is 9.02. The van der Waals surface area contributed by atoms with Crippen LogP contribution in [-0.2, 0) is 30.0 Å². The molecule has 0 spiro atoms. The van der Waals surface area contributed by atoms with Gasteiger partial charge in [-0.2, -0.15) is 0 Å². The van der Waals surface area contributed by atoms with Crippen LogP contribution in [0.5, 0.6) is 0 Å². The minimum absolute atomic E-state index is 0. The van der Waals surface area contributed by atoms with Crippen LogP contribution in [0.25, 0.3) is 0 Å². The van der Waals surface area contributed by atoms with E-state index in [1.807, 2.05) is 0 Å². The molecule has 0 aliphatic heterocycles. The van der Waals surface area contributed by atoms with Gasteiger partial charge in [-0.1, -0.05) is 11.8 Å². The van der Waals surface area contributed by atoms with Crippen molar-refractivity contribution >= 4 is 11.9 Å². The van der Waals surface area contributed by atoms with Crippen molar-refractivity contribution in [3.63, 3.8) is 0 Å². The molecule has 0 bridgehead atoms. The van der Waals surface area contributed by atoms with E-state index in [4.69, 9.17) is 19.8 Å². The summed E-state index contributed by atoms with van der Waals surface area (Å²) in [4.78, 5) is 18.0. The zero-order valence-electron chi connectivity index (χ0n) is 5.10. The maximum absolute atomic E-state index is 9.02. The van der Waals surface area contributed by atoms with Crippen molar-refractivity contribution in [3.8, 4) is 24.7 Å². The van der Waals surface area contributed by atoms with Crippen molar-refractivity contribution in [2.45, 2.75) is 0 Å². The number of terminal acetylenes is 2. The first-order valence-corrected chi connectivity index (χ1v) is 1.89. The van der Waals surface area contributed by atoms with Crippen LogP contribution in [0.2, 0.25) is 0 Å². The average Bonchev–Trinajstić information content (AvgIpc) is 1.89. The Labute approximate surface area is 77.3 Å². The average molecular weight is 244 g/mol. The van der Waals surface area contributed by atoms with Gasteiger partial charge >= 0.3 is 20.4 Å². The van der Waals surface area contributed by atoms with Crippen LogP contribution in [-0.4, -0.2) is 11.9 Å². The first-order valence-electron chi connectivity index (χ1n) is 1.89. The molecule has 0 atom stereocenters. The van der Waals surface area contributed by atoms with Gasteiger partial charge in [-0.15, -0.1) is 12.8 Å². The predicted molar refractivity (Wildman–Crippen MR) is 27.7 cm³/mol. The third kappa shape index (κ3) is 53.2. The summed E-state index contributed by atoms with van der Waals surface area (Å²) in [6, 6.07) is 0. The first kappa shape index (κ1) is 16.4. The Bertz CT molecular complexity index is 184. The number of carboxylic acids is 2. The van der Waals surface area contributed by atoms with Gasteiger partial charge in [-0.3, -0.25) is 0 Å². The van der Waals surface area contributed by atoms with Gasteiger partial charge in [-0.25, -0.2) is 0 Å². The van der Waals surface area contributed by atoms with E-state index in [-0.39, 0.29) is 20.4 Å². The van der Waals surface area contributed by atoms with E-state index in [2.05, 4.69) is 12.8 Å². The molecular weight excluding hydrogens is 242 g/mol. The molecule has 0 aliphatic rings. The third-order valence-electron chi connectivity index (χ3n) is 0.236. The monoisotopic (exact) mass is 244 g/mol.